The minimum Gasteiger partial charge on any atom is -0.494 e. The molecule has 3 aromatic carbocycles. The van der Waals surface area contributed by atoms with Crippen molar-refractivity contribution in [2.45, 2.75) is 13.0 Å². The molecule has 1 atom stereocenters. The van der Waals surface area contributed by atoms with Crippen LogP contribution in [0.25, 0.3) is 10.8 Å². The van der Waals surface area contributed by atoms with Gasteiger partial charge in [-0.3, -0.25) is 14.9 Å². The Morgan fingerprint density at radius 3 is 2.56 bits per heavy atom. The molecule has 7 nitrogen and oxygen atoms in total. The second kappa shape index (κ2) is 7.74. The lowest BCUT2D eigenvalue weighted by atomic mass is 10.1. The summed E-state index contributed by atoms with van der Waals surface area (Å²) in [6, 6.07) is 17.3. The van der Waals surface area contributed by atoms with Crippen LogP contribution < -0.4 is 15.4 Å². The van der Waals surface area contributed by atoms with E-state index < -0.39 is 11.0 Å². The van der Waals surface area contributed by atoms with E-state index in [0.29, 0.717) is 5.69 Å². The molecule has 0 saturated carbocycles. The predicted octanol–water partition coefficient (Wildman–Crippen LogP) is 4.20. The molecule has 138 valence electrons. The summed E-state index contributed by atoms with van der Waals surface area (Å²) < 4.78 is 5.15. The van der Waals surface area contributed by atoms with Gasteiger partial charge in [0.05, 0.1) is 23.8 Å². The number of nitrogens with zero attached hydrogens (tertiary/aromatic N) is 1. The number of carbonyl (C=O) groups excluding carboxylic acids is 1. The van der Waals surface area contributed by atoms with Crippen LogP contribution in [0.5, 0.6) is 5.75 Å². The van der Waals surface area contributed by atoms with Crippen LogP contribution in [0, 0.1) is 10.1 Å². The van der Waals surface area contributed by atoms with Crippen molar-refractivity contribution >= 4 is 33.7 Å². The van der Waals surface area contributed by atoms with Crippen LogP contribution >= 0.6 is 0 Å². The van der Waals surface area contributed by atoms with Gasteiger partial charge in [0.15, 0.2) is 0 Å². The smallest absolute Gasteiger partial charge is 0.273 e. The zero-order chi connectivity index (χ0) is 19.4. The fourth-order valence-corrected chi connectivity index (χ4v) is 2.79. The van der Waals surface area contributed by atoms with Crippen LogP contribution in [0.3, 0.4) is 0 Å². The van der Waals surface area contributed by atoms with Crippen molar-refractivity contribution in [2.75, 3.05) is 17.7 Å². The third kappa shape index (κ3) is 3.98. The normalized spacial score (nSPS) is 11.6. The molecule has 0 radical (unpaired) electrons. The molecule has 2 N–H and O–H groups in total. The standard InChI is InChI=1S/C20H19N3O4/c1-13(21-17-9-5-7-14-6-3-4-8-16(14)17)20(24)22-18-11-10-15(23(25)26)12-19(18)27-2/h3-13,21H,1-2H3,(H,22,24)/t13-/m0/s1. The Balaban J connectivity index is 1.77. The molecule has 0 aliphatic rings. The fraction of sp³-hybridized carbons (Fsp3) is 0.150. The molecule has 0 unspecified atom stereocenters. The molecule has 3 aromatic rings. The summed E-state index contributed by atoms with van der Waals surface area (Å²) in [4.78, 5) is 22.9. The van der Waals surface area contributed by atoms with Crippen molar-refractivity contribution in [2.24, 2.45) is 0 Å². The summed E-state index contributed by atoms with van der Waals surface area (Å²) in [6.45, 7) is 1.75. The van der Waals surface area contributed by atoms with Gasteiger partial charge in [0.25, 0.3) is 5.69 Å². The van der Waals surface area contributed by atoms with Gasteiger partial charge in [-0.1, -0.05) is 36.4 Å². The maximum absolute atomic E-state index is 12.6. The molecule has 27 heavy (non-hydrogen) atoms. The summed E-state index contributed by atoms with van der Waals surface area (Å²) in [7, 11) is 1.40. The number of nitrogens with one attached hydrogen (secondary N) is 2. The summed E-state index contributed by atoms with van der Waals surface area (Å²) >= 11 is 0. The van der Waals surface area contributed by atoms with Gasteiger partial charge in [-0.15, -0.1) is 0 Å². The highest BCUT2D eigenvalue weighted by atomic mass is 16.6. The Labute approximate surface area is 156 Å². The highest BCUT2D eigenvalue weighted by molar-refractivity contribution is 6.00. The third-order valence-electron chi connectivity index (χ3n) is 4.21. The number of benzene rings is 3. The molecule has 0 heterocycles. The number of amides is 1. The average Bonchev–Trinajstić information content (AvgIpc) is 2.68. The largest absolute Gasteiger partial charge is 0.494 e. The van der Waals surface area contributed by atoms with Crippen molar-refractivity contribution in [3.63, 3.8) is 0 Å². The number of anilines is 2. The number of carbonyl (C=O) groups is 1. The van der Waals surface area contributed by atoms with Crippen LogP contribution in [0.1, 0.15) is 6.92 Å². The first-order valence-electron chi connectivity index (χ1n) is 8.37. The number of nitro benzene ring substituents is 1. The number of hydrogen-bond acceptors (Lipinski definition) is 5. The molecule has 0 fully saturated rings. The quantitative estimate of drug-likeness (QED) is 0.504. The number of nitro groups is 1. The summed E-state index contributed by atoms with van der Waals surface area (Å²) in [5.41, 5.74) is 1.12. The maximum atomic E-state index is 12.6. The van der Waals surface area contributed by atoms with Crippen molar-refractivity contribution in [3.05, 3.63) is 70.8 Å². The van der Waals surface area contributed by atoms with Gasteiger partial charge in [-0.2, -0.15) is 0 Å². The highest BCUT2D eigenvalue weighted by Gasteiger charge is 2.17. The Hall–Kier alpha value is -3.61. The second-order valence-corrected chi connectivity index (χ2v) is 6.02. The van der Waals surface area contributed by atoms with Crippen LogP contribution in [-0.2, 0) is 4.79 Å². The number of ether oxygens (including phenoxy) is 1. The number of non-ortho nitro benzene ring substituents is 1. The molecule has 0 bridgehead atoms. The zero-order valence-corrected chi connectivity index (χ0v) is 14.9. The summed E-state index contributed by atoms with van der Waals surface area (Å²) in [5, 5.41) is 18.9. The van der Waals surface area contributed by atoms with E-state index in [4.69, 9.17) is 4.74 Å². The predicted molar refractivity (Wildman–Crippen MR) is 105 cm³/mol. The number of fused-ring (bicyclic) bond motifs is 1. The molecule has 3 rings (SSSR count). The molecule has 0 aromatic heterocycles. The highest BCUT2D eigenvalue weighted by Crippen LogP contribution is 2.29. The Morgan fingerprint density at radius 1 is 1.07 bits per heavy atom. The van der Waals surface area contributed by atoms with Crippen LogP contribution in [0.2, 0.25) is 0 Å². The lowest BCUT2D eigenvalue weighted by Gasteiger charge is -2.18. The summed E-state index contributed by atoms with van der Waals surface area (Å²) in [6.07, 6.45) is 0. The first-order valence-corrected chi connectivity index (χ1v) is 8.37. The number of hydrogen-bond donors (Lipinski definition) is 2. The molecule has 7 heteroatoms. The van der Waals surface area contributed by atoms with E-state index in [1.54, 1.807) is 6.92 Å². The molecule has 1 amide bonds. The van der Waals surface area contributed by atoms with Crippen molar-refractivity contribution < 1.29 is 14.5 Å². The van der Waals surface area contributed by atoms with Crippen molar-refractivity contribution in [1.29, 1.82) is 0 Å². The van der Waals surface area contributed by atoms with Crippen LogP contribution in [-0.4, -0.2) is 24.0 Å². The monoisotopic (exact) mass is 365 g/mol. The van der Waals surface area contributed by atoms with Gasteiger partial charge < -0.3 is 15.4 Å². The van der Waals surface area contributed by atoms with E-state index in [-0.39, 0.29) is 17.3 Å². The Bertz CT molecular complexity index is 998. The Kier molecular flexibility index (Phi) is 5.21. The van der Waals surface area contributed by atoms with Crippen molar-refractivity contribution in [1.82, 2.24) is 0 Å². The fourth-order valence-electron chi connectivity index (χ4n) is 2.79. The second-order valence-electron chi connectivity index (χ2n) is 6.02. The topological polar surface area (TPSA) is 93.5 Å². The van der Waals surface area contributed by atoms with Crippen molar-refractivity contribution in [3.8, 4) is 5.75 Å². The number of rotatable bonds is 6. The van der Waals surface area contributed by atoms with Gasteiger partial charge in [-0.05, 0) is 24.4 Å². The molecule has 0 aliphatic heterocycles. The van der Waals surface area contributed by atoms with E-state index in [0.717, 1.165) is 16.5 Å². The molecule has 0 saturated heterocycles. The zero-order valence-electron chi connectivity index (χ0n) is 14.9. The van der Waals surface area contributed by atoms with Crippen LogP contribution in [0.15, 0.2) is 60.7 Å². The third-order valence-corrected chi connectivity index (χ3v) is 4.21. The van der Waals surface area contributed by atoms with E-state index in [1.807, 2.05) is 42.5 Å². The molecular weight excluding hydrogens is 346 g/mol. The number of methoxy groups -OCH3 is 1. The minimum atomic E-state index is -0.532. The average molecular weight is 365 g/mol. The lowest BCUT2D eigenvalue weighted by Crippen LogP contribution is -2.32. The maximum Gasteiger partial charge on any atom is 0.273 e. The summed E-state index contributed by atoms with van der Waals surface area (Å²) in [5.74, 6) is -0.0509. The molecule has 0 aliphatic carbocycles. The van der Waals surface area contributed by atoms with E-state index in [1.165, 1.54) is 25.3 Å². The van der Waals surface area contributed by atoms with Gasteiger partial charge >= 0.3 is 0 Å². The minimum absolute atomic E-state index is 0.105. The van der Waals surface area contributed by atoms with E-state index in [9.17, 15) is 14.9 Å². The van der Waals surface area contributed by atoms with Gasteiger partial charge in [0.2, 0.25) is 5.91 Å². The Morgan fingerprint density at radius 2 is 1.81 bits per heavy atom. The first-order chi connectivity index (χ1) is 13.0. The molecular formula is C20H19N3O4. The van der Waals surface area contributed by atoms with Gasteiger partial charge in [0.1, 0.15) is 11.8 Å². The SMILES string of the molecule is COc1cc([N+](=O)[O-])ccc1NC(=O)[C@H](C)Nc1cccc2ccccc12. The van der Waals surface area contributed by atoms with E-state index >= 15 is 0 Å². The first kappa shape index (κ1) is 18.2. The lowest BCUT2D eigenvalue weighted by molar-refractivity contribution is -0.384. The van der Waals surface area contributed by atoms with Crippen LogP contribution in [0.4, 0.5) is 17.1 Å². The molecule has 0 spiro atoms. The van der Waals surface area contributed by atoms with E-state index in [2.05, 4.69) is 10.6 Å². The van der Waals surface area contributed by atoms with Gasteiger partial charge in [0, 0.05) is 17.1 Å². The van der Waals surface area contributed by atoms with Gasteiger partial charge in [-0.25, -0.2) is 0 Å².